The minimum absolute atomic E-state index is 2.14. The average molecular weight is 338 g/mol. The van der Waals surface area contributed by atoms with E-state index in [1.165, 1.54) is 0 Å². The van der Waals surface area contributed by atoms with Gasteiger partial charge in [-0.1, -0.05) is 0 Å². The zero-order valence-corrected chi connectivity index (χ0v) is 9.69. The summed E-state index contributed by atoms with van der Waals surface area (Å²) in [6, 6.07) is 0. The first-order valence-electron chi connectivity index (χ1n) is 5.09. The van der Waals surface area contributed by atoms with Crippen molar-refractivity contribution < 1.29 is 48.7 Å². The molecule has 22 heavy (non-hydrogen) atoms. The second-order valence-electron chi connectivity index (χ2n) is 4.08. The third kappa shape index (κ3) is 2.06. The molecule has 1 aliphatic carbocycles. The largest absolute Gasteiger partial charge is 0.420 e. The number of Topliss-reactive ketones (excluding diaryl/α,β-unsaturated/α-hetero) is 1. The fourth-order valence-corrected chi connectivity index (χ4v) is 2.00. The summed E-state index contributed by atoms with van der Waals surface area (Å²) in [5.41, 5.74) is -10.3. The molecule has 0 amide bonds. The van der Waals surface area contributed by atoms with Crippen LogP contribution < -0.4 is 0 Å². The van der Waals surface area contributed by atoms with Gasteiger partial charge in [0.25, 0.3) is 0 Å². The van der Waals surface area contributed by atoms with Gasteiger partial charge in [0, 0.05) is 5.56 Å². The smallest absolute Gasteiger partial charge is 0.288 e. The fourth-order valence-electron chi connectivity index (χ4n) is 2.00. The van der Waals surface area contributed by atoms with Crippen molar-refractivity contribution in [3.63, 3.8) is 0 Å². The molecule has 0 fully saturated rings. The van der Waals surface area contributed by atoms with Crippen molar-refractivity contribution in [2.75, 3.05) is 0 Å². The van der Waals surface area contributed by atoms with Crippen molar-refractivity contribution in [1.29, 1.82) is 0 Å². The van der Waals surface area contributed by atoms with Crippen LogP contribution in [0.25, 0.3) is 5.57 Å². The lowest BCUT2D eigenvalue weighted by molar-refractivity contribution is -0.0979. The molecule has 1 aromatic rings. The van der Waals surface area contributed by atoms with Crippen molar-refractivity contribution >= 4 is 11.4 Å². The number of fused-ring (bicyclic) bond motifs is 1. The number of allylic oxidation sites excluding steroid dienone is 2. The molecule has 0 saturated heterocycles. The Morgan fingerprint density at radius 2 is 0.909 bits per heavy atom. The molecular weight excluding hydrogens is 338 g/mol. The SMILES string of the molecule is O=C1C(C(F)(F)F)=C(C(F)(F)F)c2c(F)c(F)c(F)c(F)c21. The highest BCUT2D eigenvalue weighted by atomic mass is 19.4. The molecule has 2 rings (SSSR count). The summed E-state index contributed by atoms with van der Waals surface area (Å²) >= 11 is 0. The lowest BCUT2D eigenvalue weighted by atomic mass is 10.0. The predicted octanol–water partition coefficient (Wildman–Crippen LogP) is 4.32. The zero-order valence-electron chi connectivity index (χ0n) is 9.69. The van der Waals surface area contributed by atoms with Crippen LogP contribution in [0.3, 0.4) is 0 Å². The number of rotatable bonds is 0. The lowest BCUT2D eigenvalue weighted by Crippen LogP contribution is -2.22. The Morgan fingerprint density at radius 3 is 1.27 bits per heavy atom. The minimum Gasteiger partial charge on any atom is -0.288 e. The first kappa shape index (κ1) is 16.3. The molecule has 1 aliphatic rings. The summed E-state index contributed by atoms with van der Waals surface area (Å²) in [4.78, 5) is 11.4. The third-order valence-corrected chi connectivity index (χ3v) is 2.79. The molecule has 0 heterocycles. The number of halogens is 10. The van der Waals surface area contributed by atoms with Gasteiger partial charge in [-0.25, -0.2) is 17.6 Å². The summed E-state index contributed by atoms with van der Waals surface area (Å²) in [6.45, 7) is 0. The van der Waals surface area contributed by atoms with Gasteiger partial charge in [-0.15, -0.1) is 0 Å². The molecule has 0 N–H and O–H groups in total. The number of hydrogen-bond acceptors (Lipinski definition) is 1. The van der Waals surface area contributed by atoms with Crippen molar-refractivity contribution in [3.8, 4) is 0 Å². The van der Waals surface area contributed by atoms with Gasteiger partial charge in [0.1, 0.15) is 5.57 Å². The molecule has 1 aromatic carbocycles. The second kappa shape index (κ2) is 4.46. The van der Waals surface area contributed by atoms with Gasteiger partial charge in [-0.2, -0.15) is 26.3 Å². The topological polar surface area (TPSA) is 17.1 Å². The van der Waals surface area contributed by atoms with Crippen molar-refractivity contribution in [2.45, 2.75) is 12.4 Å². The van der Waals surface area contributed by atoms with Crippen LogP contribution >= 0.6 is 0 Å². The van der Waals surface area contributed by atoms with Crippen LogP contribution in [0.4, 0.5) is 43.9 Å². The van der Waals surface area contributed by atoms with Crippen LogP contribution in [0.15, 0.2) is 5.57 Å². The van der Waals surface area contributed by atoms with Crippen LogP contribution in [-0.4, -0.2) is 18.1 Å². The van der Waals surface area contributed by atoms with Crippen molar-refractivity contribution in [3.05, 3.63) is 40.0 Å². The lowest BCUT2D eigenvalue weighted by Gasteiger charge is -2.14. The second-order valence-corrected chi connectivity index (χ2v) is 4.08. The van der Waals surface area contributed by atoms with E-state index in [2.05, 4.69) is 0 Å². The van der Waals surface area contributed by atoms with Gasteiger partial charge >= 0.3 is 12.4 Å². The third-order valence-electron chi connectivity index (χ3n) is 2.79. The van der Waals surface area contributed by atoms with E-state index in [0.29, 0.717) is 0 Å². The number of hydrogen-bond donors (Lipinski definition) is 0. The monoisotopic (exact) mass is 338 g/mol. The molecule has 0 radical (unpaired) electrons. The van der Waals surface area contributed by atoms with E-state index in [-0.39, 0.29) is 0 Å². The first-order valence-corrected chi connectivity index (χ1v) is 5.09. The Kier molecular flexibility index (Phi) is 3.31. The molecule has 0 bridgehead atoms. The van der Waals surface area contributed by atoms with Crippen LogP contribution in [0, 0.1) is 23.3 Å². The number of carbonyl (C=O) groups is 1. The van der Waals surface area contributed by atoms with Crippen LogP contribution in [-0.2, 0) is 0 Å². The van der Waals surface area contributed by atoms with E-state index >= 15 is 0 Å². The highest BCUT2D eigenvalue weighted by molar-refractivity contribution is 6.22. The molecule has 0 spiro atoms. The maximum absolute atomic E-state index is 13.4. The summed E-state index contributed by atoms with van der Waals surface area (Å²) < 4.78 is 129. The van der Waals surface area contributed by atoms with Crippen molar-refractivity contribution in [1.82, 2.24) is 0 Å². The Bertz CT molecular complexity index is 722. The van der Waals surface area contributed by atoms with Crippen LogP contribution in [0.2, 0.25) is 0 Å². The van der Waals surface area contributed by atoms with Crippen LogP contribution in [0.1, 0.15) is 15.9 Å². The highest BCUT2D eigenvalue weighted by Crippen LogP contribution is 2.50. The van der Waals surface area contributed by atoms with Gasteiger partial charge in [0.15, 0.2) is 23.3 Å². The van der Waals surface area contributed by atoms with Gasteiger partial charge in [0.05, 0.1) is 11.1 Å². The summed E-state index contributed by atoms with van der Waals surface area (Å²) in [6.07, 6.45) is -11.9. The highest BCUT2D eigenvalue weighted by Gasteiger charge is 2.56. The zero-order chi connectivity index (χ0) is 17.2. The molecule has 0 saturated carbocycles. The van der Waals surface area contributed by atoms with Gasteiger partial charge in [0.2, 0.25) is 5.78 Å². The van der Waals surface area contributed by atoms with Gasteiger partial charge < -0.3 is 0 Å². The quantitative estimate of drug-likeness (QED) is 0.391. The fraction of sp³-hybridized carbons (Fsp3) is 0.182. The van der Waals surface area contributed by atoms with Crippen molar-refractivity contribution in [2.24, 2.45) is 0 Å². The molecule has 0 aromatic heterocycles. The normalized spacial score (nSPS) is 15.6. The van der Waals surface area contributed by atoms with E-state index in [0.717, 1.165) is 0 Å². The Hall–Kier alpha value is -2.07. The van der Waals surface area contributed by atoms with Crippen LogP contribution in [0.5, 0.6) is 0 Å². The van der Waals surface area contributed by atoms with E-state index in [9.17, 15) is 48.7 Å². The maximum atomic E-state index is 13.4. The number of carbonyl (C=O) groups excluding carboxylic acids is 1. The molecule has 11 heteroatoms. The number of ketones is 1. The number of alkyl halides is 6. The Morgan fingerprint density at radius 1 is 0.545 bits per heavy atom. The summed E-state index contributed by atoms with van der Waals surface area (Å²) in [7, 11) is 0. The molecular formula is C11F10O. The van der Waals surface area contributed by atoms with E-state index in [1.807, 2.05) is 0 Å². The van der Waals surface area contributed by atoms with Gasteiger partial charge in [-0.05, 0) is 0 Å². The van der Waals surface area contributed by atoms with E-state index < -0.39 is 63.7 Å². The predicted molar refractivity (Wildman–Crippen MR) is 49.6 cm³/mol. The molecule has 0 aliphatic heterocycles. The Labute approximate surface area is 113 Å². The molecule has 0 atom stereocenters. The minimum atomic E-state index is -5.96. The molecule has 120 valence electrons. The summed E-state index contributed by atoms with van der Waals surface area (Å²) in [5.74, 6) is -13.4. The Balaban J connectivity index is 3.02. The van der Waals surface area contributed by atoms with E-state index in [1.54, 1.807) is 0 Å². The standard InChI is InChI=1S/C11F10O/c12-5-1-2(6(13)8(15)7(5)14)9(22)4(11(19,20)21)3(1)10(16,17)18. The number of benzene rings is 1. The molecule has 1 nitrogen and oxygen atoms in total. The van der Waals surface area contributed by atoms with E-state index in [4.69, 9.17) is 0 Å². The average Bonchev–Trinajstić information content (AvgIpc) is 2.67. The maximum Gasteiger partial charge on any atom is 0.420 e. The van der Waals surface area contributed by atoms with Gasteiger partial charge in [-0.3, -0.25) is 4.79 Å². The first-order chi connectivity index (χ1) is 9.80. The summed E-state index contributed by atoms with van der Waals surface area (Å²) in [5, 5.41) is 0. The molecule has 0 unspecified atom stereocenters.